The summed E-state index contributed by atoms with van der Waals surface area (Å²) in [5, 5.41) is 0. The molecule has 0 atom stereocenters. The zero-order valence-corrected chi connectivity index (χ0v) is 16.8. The van der Waals surface area contributed by atoms with Gasteiger partial charge in [-0.05, 0) is 60.7 Å². The summed E-state index contributed by atoms with van der Waals surface area (Å²) in [6, 6.07) is 14.9. The van der Waals surface area contributed by atoms with E-state index in [1.54, 1.807) is 36.4 Å². The third-order valence-corrected chi connectivity index (χ3v) is 5.58. The number of hydrogen-bond donors (Lipinski definition) is 1. The normalized spacial score (nSPS) is 11.1. The van der Waals surface area contributed by atoms with Gasteiger partial charge in [0.2, 0.25) is 10.0 Å². The summed E-state index contributed by atoms with van der Waals surface area (Å²) in [7, 11) is -2.25. The van der Waals surface area contributed by atoms with Gasteiger partial charge in [-0.15, -0.1) is 0 Å². The summed E-state index contributed by atoms with van der Waals surface area (Å²) in [6.45, 7) is -0.428. The number of rotatable bonds is 9. The van der Waals surface area contributed by atoms with Crippen LogP contribution in [0.2, 0.25) is 0 Å². The van der Waals surface area contributed by atoms with Gasteiger partial charge in [0.25, 0.3) is 0 Å². The number of esters is 1. The molecule has 2 aromatic carbocycles. The van der Waals surface area contributed by atoms with Crippen LogP contribution < -0.4 is 9.46 Å². The van der Waals surface area contributed by atoms with Crippen molar-refractivity contribution in [2.75, 3.05) is 13.7 Å². The number of carbonyl (C=O) groups excluding carboxylic acids is 2. The molecule has 0 amide bonds. The van der Waals surface area contributed by atoms with Gasteiger partial charge in [0.1, 0.15) is 11.5 Å². The van der Waals surface area contributed by atoms with E-state index in [0.717, 1.165) is 0 Å². The first-order valence-electron chi connectivity index (χ1n) is 8.85. The van der Waals surface area contributed by atoms with Crippen LogP contribution in [0.15, 0.2) is 76.2 Å². The van der Waals surface area contributed by atoms with Crippen molar-refractivity contribution >= 4 is 21.8 Å². The van der Waals surface area contributed by atoms with Crippen molar-refractivity contribution in [2.45, 2.75) is 11.4 Å². The molecule has 30 heavy (non-hydrogen) atoms. The number of carbonyl (C=O) groups is 2. The summed E-state index contributed by atoms with van der Waals surface area (Å²) in [5.74, 6) is -0.0192. The molecule has 0 unspecified atom stereocenters. The molecule has 0 bridgehead atoms. The van der Waals surface area contributed by atoms with Crippen molar-refractivity contribution in [3.05, 3.63) is 83.8 Å². The van der Waals surface area contributed by atoms with E-state index in [9.17, 15) is 18.0 Å². The quantitative estimate of drug-likeness (QED) is 0.411. The number of furan rings is 1. The smallest absolute Gasteiger partial charge is 0.338 e. The maximum absolute atomic E-state index is 12.3. The second-order valence-electron chi connectivity index (χ2n) is 6.16. The number of benzene rings is 2. The molecule has 156 valence electrons. The molecule has 0 radical (unpaired) electrons. The number of ketones is 1. The van der Waals surface area contributed by atoms with Crippen molar-refractivity contribution in [1.82, 2.24) is 4.72 Å². The maximum Gasteiger partial charge on any atom is 0.338 e. The molecule has 0 saturated heterocycles. The monoisotopic (exact) mass is 429 g/mol. The van der Waals surface area contributed by atoms with E-state index in [0.29, 0.717) is 17.1 Å². The summed E-state index contributed by atoms with van der Waals surface area (Å²) in [6.07, 6.45) is 1.45. The molecule has 0 aliphatic heterocycles. The Kier molecular flexibility index (Phi) is 6.65. The highest BCUT2D eigenvalue weighted by atomic mass is 32.2. The summed E-state index contributed by atoms with van der Waals surface area (Å²) >= 11 is 0. The van der Waals surface area contributed by atoms with Gasteiger partial charge in [-0.1, -0.05) is 0 Å². The van der Waals surface area contributed by atoms with Gasteiger partial charge in [-0.2, -0.15) is 0 Å². The van der Waals surface area contributed by atoms with Crippen LogP contribution in [-0.4, -0.2) is 33.9 Å². The Morgan fingerprint density at radius 2 is 1.63 bits per heavy atom. The van der Waals surface area contributed by atoms with Gasteiger partial charge in [0.05, 0.1) is 30.4 Å². The maximum atomic E-state index is 12.3. The Balaban J connectivity index is 1.56. The fraction of sp³-hybridized carbons (Fsp3) is 0.143. The number of hydrogen-bond acceptors (Lipinski definition) is 7. The van der Waals surface area contributed by atoms with E-state index in [1.807, 2.05) is 0 Å². The molecule has 1 heterocycles. The summed E-state index contributed by atoms with van der Waals surface area (Å²) in [5.41, 5.74) is 0.509. The lowest BCUT2D eigenvalue weighted by Gasteiger charge is -2.07. The molecule has 9 heteroatoms. The summed E-state index contributed by atoms with van der Waals surface area (Å²) in [4.78, 5) is 24.3. The van der Waals surface area contributed by atoms with Crippen molar-refractivity contribution in [2.24, 2.45) is 0 Å². The molecule has 0 aliphatic rings. The highest BCUT2D eigenvalue weighted by molar-refractivity contribution is 7.89. The molecule has 8 nitrogen and oxygen atoms in total. The molecule has 1 aromatic heterocycles. The third-order valence-electron chi connectivity index (χ3n) is 4.16. The zero-order chi connectivity index (χ0) is 21.6. The highest BCUT2D eigenvalue weighted by Gasteiger charge is 2.17. The standard InChI is InChI=1S/C21H19NO7S/c1-27-17-8-4-15(5-9-17)20(23)14-29-21(24)16-6-10-19(11-7-16)30(25,26)22-13-18-3-2-12-28-18/h2-12,22H,13-14H2,1H3. The van der Waals surface area contributed by atoms with Crippen LogP contribution in [0.4, 0.5) is 0 Å². The third kappa shape index (κ3) is 5.34. The van der Waals surface area contributed by atoms with Crippen LogP contribution in [0.25, 0.3) is 0 Å². The van der Waals surface area contributed by atoms with E-state index >= 15 is 0 Å². The Bertz CT molecular complexity index is 1100. The van der Waals surface area contributed by atoms with Crippen LogP contribution in [0.1, 0.15) is 26.5 Å². The topological polar surface area (TPSA) is 112 Å². The predicted octanol–water partition coefficient (Wildman–Crippen LogP) is 2.81. The Morgan fingerprint density at radius 3 is 2.23 bits per heavy atom. The van der Waals surface area contributed by atoms with E-state index in [2.05, 4.69) is 4.72 Å². The molecule has 0 aliphatic carbocycles. The molecule has 3 rings (SSSR count). The second-order valence-corrected chi connectivity index (χ2v) is 7.92. The van der Waals surface area contributed by atoms with Crippen molar-refractivity contribution in [3.63, 3.8) is 0 Å². The minimum atomic E-state index is -3.77. The minimum absolute atomic E-state index is 0.00655. The van der Waals surface area contributed by atoms with Gasteiger partial charge in [0.15, 0.2) is 12.4 Å². The number of nitrogens with one attached hydrogen (secondary N) is 1. The average Bonchev–Trinajstić information content (AvgIpc) is 3.30. The molecule has 0 saturated carbocycles. The van der Waals surface area contributed by atoms with Gasteiger partial charge < -0.3 is 13.9 Å². The second kappa shape index (κ2) is 9.38. The summed E-state index contributed by atoms with van der Waals surface area (Å²) < 4.78 is 42.1. The molecule has 3 aromatic rings. The lowest BCUT2D eigenvalue weighted by atomic mass is 10.1. The molecule has 0 spiro atoms. The van der Waals surface area contributed by atoms with E-state index < -0.39 is 22.6 Å². The predicted molar refractivity (Wildman–Crippen MR) is 107 cm³/mol. The number of sulfonamides is 1. The fourth-order valence-electron chi connectivity index (χ4n) is 2.51. The van der Waals surface area contributed by atoms with Crippen LogP contribution >= 0.6 is 0 Å². The van der Waals surface area contributed by atoms with Crippen LogP contribution in [0, 0.1) is 0 Å². The van der Waals surface area contributed by atoms with Crippen LogP contribution in [0.5, 0.6) is 5.75 Å². The van der Waals surface area contributed by atoms with Gasteiger partial charge in [-0.3, -0.25) is 4.79 Å². The Labute approximate surface area is 173 Å². The lowest BCUT2D eigenvalue weighted by molar-refractivity contribution is 0.0474. The van der Waals surface area contributed by atoms with Crippen LogP contribution in [0.3, 0.4) is 0 Å². The largest absolute Gasteiger partial charge is 0.497 e. The number of ether oxygens (including phenoxy) is 2. The van der Waals surface area contributed by atoms with E-state index in [-0.39, 0.29) is 22.8 Å². The first kappa shape index (κ1) is 21.3. The first-order chi connectivity index (χ1) is 14.4. The van der Waals surface area contributed by atoms with Crippen molar-refractivity contribution < 1.29 is 31.9 Å². The Hall–Kier alpha value is -3.43. The minimum Gasteiger partial charge on any atom is -0.497 e. The van der Waals surface area contributed by atoms with E-state index in [1.165, 1.54) is 37.6 Å². The SMILES string of the molecule is COc1ccc(C(=O)COC(=O)c2ccc(S(=O)(=O)NCc3ccco3)cc2)cc1. The number of methoxy groups -OCH3 is 1. The molecule has 0 fully saturated rings. The fourth-order valence-corrected chi connectivity index (χ4v) is 3.50. The average molecular weight is 429 g/mol. The zero-order valence-electron chi connectivity index (χ0n) is 16.0. The van der Waals surface area contributed by atoms with Gasteiger partial charge in [0, 0.05) is 5.56 Å². The lowest BCUT2D eigenvalue weighted by Crippen LogP contribution is -2.23. The first-order valence-corrected chi connectivity index (χ1v) is 10.3. The number of Topliss-reactive ketones (excluding diaryl/α,β-unsaturated/α-hetero) is 1. The Morgan fingerprint density at radius 1 is 0.967 bits per heavy atom. The van der Waals surface area contributed by atoms with Crippen molar-refractivity contribution in [1.29, 1.82) is 0 Å². The van der Waals surface area contributed by atoms with Crippen molar-refractivity contribution in [3.8, 4) is 5.75 Å². The van der Waals surface area contributed by atoms with Gasteiger partial charge in [-0.25, -0.2) is 17.9 Å². The van der Waals surface area contributed by atoms with Crippen LogP contribution in [-0.2, 0) is 21.3 Å². The molecular weight excluding hydrogens is 410 g/mol. The van der Waals surface area contributed by atoms with E-state index in [4.69, 9.17) is 13.9 Å². The van der Waals surface area contributed by atoms with Gasteiger partial charge >= 0.3 is 5.97 Å². The molecule has 1 N–H and O–H groups in total. The molecular formula is C21H19NO7S. The highest BCUT2D eigenvalue weighted by Crippen LogP contribution is 2.14.